The van der Waals surface area contributed by atoms with Gasteiger partial charge in [-0.15, -0.1) is 0 Å². The van der Waals surface area contributed by atoms with E-state index in [0.717, 1.165) is 9.87 Å². The summed E-state index contributed by atoms with van der Waals surface area (Å²) in [6.45, 7) is 6.82. The Labute approximate surface area is 167 Å². The number of carbonyl (C=O) groups is 1. The molecule has 0 atom stereocenters. The standard InChI is InChI=1S/C21H28N2O4S/c1-16(2)27-15-7-14-22-21(24)19-8-5-6-9-20(19)23(4)28(25,26)18-12-10-17(3)11-13-18/h5-6,8-13,16H,7,14-15H2,1-4H3,(H,22,24). The molecule has 0 unspecified atom stereocenters. The van der Waals surface area contributed by atoms with Crippen LogP contribution >= 0.6 is 0 Å². The van der Waals surface area contributed by atoms with Gasteiger partial charge in [0.1, 0.15) is 0 Å². The summed E-state index contributed by atoms with van der Waals surface area (Å²) in [6.07, 6.45) is 0.834. The number of aryl methyl sites for hydroxylation is 1. The molecule has 0 saturated heterocycles. The lowest BCUT2D eigenvalue weighted by molar-refractivity contribution is 0.0757. The zero-order chi connectivity index (χ0) is 20.7. The summed E-state index contributed by atoms with van der Waals surface area (Å²) in [7, 11) is -2.31. The molecule has 0 heterocycles. The molecule has 6 nitrogen and oxygen atoms in total. The van der Waals surface area contributed by atoms with Crippen molar-refractivity contribution in [3.8, 4) is 0 Å². The third kappa shape index (κ3) is 5.56. The lowest BCUT2D eigenvalue weighted by Gasteiger charge is -2.22. The molecule has 0 aromatic heterocycles. The lowest BCUT2D eigenvalue weighted by Crippen LogP contribution is -2.31. The van der Waals surface area contributed by atoms with E-state index in [1.54, 1.807) is 48.5 Å². The van der Waals surface area contributed by atoms with Gasteiger partial charge in [0.15, 0.2) is 0 Å². The van der Waals surface area contributed by atoms with E-state index in [2.05, 4.69) is 5.32 Å². The first-order valence-corrected chi connectivity index (χ1v) is 10.7. The van der Waals surface area contributed by atoms with Crippen LogP contribution in [0.25, 0.3) is 0 Å². The Morgan fingerprint density at radius 2 is 1.75 bits per heavy atom. The van der Waals surface area contributed by atoms with Crippen LogP contribution in [0.15, 0.2) is 53.4 Å². The van der Waals surface area contributed by atoms with Gasteiger partial charge in [-0.2, -0.15) is 0 Å². The van der Waals surface area contributed by atoms with E-state index >= 15 is 0 Å². The van der Waals surface area contributed by atoms with Crippen molar-refractivity contribution in [1.29, 1.82) is 0 Å². The second kappa shape index (κ2) is 9.71. The predicted octanol–water partition coefficient (Wildman–Crippen LogP) is 3.37. The molecule has 0 radical (unpaired) electrons. The number of hydrogen-bond donors (Lipinski definition) is 1. The predicted molar refractivity (Wildman–Crippen MR) is 111 cm³/mol. The highest BCUT2D eigenvalue weighted by Gasteiger charge is 2.24. The minimum atomic E-state index is -3.77. The van der Waals surface area contributed by atoms with Crippen LogP contribution in [0, 0.1) is 6.92 Å². The van der Waals surface area contributed by atoms with Gasteiger partial charge in [0, 0.05) is 20.2 Å². The van der Waals surface area contributed by atoms with Gasteiger partial charge in [-0.3, -0.25) is 9.10 Å². The summed E-state index contributed by atoms with van der Waals surface area (Å²) in [6, 6.07) is 13.3. The first-order valence-electron chi connectivity index (χ1n) is 9.28. The average molecular weight is 405 g/mol. The normalized spacial score (nSPS) is 11.5. The maximum Gasteiger partial charge on any atom is 0.264 e. The Hall–Kier alpha value is -2.38. The zero-order valence-electron chi connectivity index (χ0n) is 16.8. The van der Waals surface area contributed by atoms with E-state index in [1.165, 1.54) is 7.05 Å². The highest BCUT2D eigenvalue weighted by Crippen LogP contribution is 2.25. The van der Waals surface area contributed by atoms with E-state index in [1.807, 2.05) is 20.8 Å². The van der Waals surface area contributed by atoms with Crippen molar-refractivity contribution in [3.63, 3.8) is 0 Å². The summed E-state index contributed by atoms with van der Waals surface area (Å²) in [5.74, 6) is -0.314. The van der Waals surface area contributed by atoms with Crippen molar-refractivity contribution in [1.82, 2.24) is 5.32 Å². The minimum Gasteiger partial charge on any atom is -0.379 e. The van der Waals surface area contributed by atoms with E-state index in [4.69, 9.17) is 4.74 Å². The molecule has 1 N–H and O–H groups in total. The SMILES string of the molecule is Cc1ccc(S(=O)(=O)N(C)c2ccccc2C(=O)NCCCOC(C)C)cc1. The van der Waals surface area contributed by atoms with Gasteiger partial charge < -0.3 is 10.1 Å². The molecule has 2 aromatic rings. The second-order valence-corrected chi connectivity index (χ2v) is 8.80. The van der Waals surface area contributed by atoms with Gasteiger partial charge in [-0.05, 0) is 51.5 Å². The number of hydrogen-bond acceptors (Lipinski definition) is 4. The summed E-state index contributed by atoms with van der Waals surface area (Å²) in [5.41, 5.74) is 1.62. The molecule has 0 bridgehead atoms. The zero-order valence-corrected chi connectivity index (χ0v) is 17.6. The number of nitrogens with zero attached hydrogens (tertiary/aromatic N) is 1. The van der Waals surface area contributed by atoms with Crippen molar-refractivity contribution < 1.29 is 17.9 Å². The Morgan fingerprint density at radius 3 is 2.39 bits per heavy atom. The molecule has 2 rings (SSSR count). The average Bonchev–Trinajstić information content (AvgIpc) is 2.67. The Kier molecular flexibility index (Phi) is 7.60. The summed E-state index contributed by atoms with van der Waals surface area (Å²) < 4.78 is 32.5. The highest BCUT2D eigenvalue weighted by atomic mass is 32.2. The number of para-hydroxylation sites is 1. The van der Waals surface area contributed by atoms with E-state index in [9.17, 15) is 13.2 Å². The molecule has 0 aliphatic heterocycles. The van der Waals surface area contributed by atoms with Crippen LogP contribution in [0.5, 0.6) is 0 Å². The smallest absolute Gasteiger partial charge is 0.264 e. The molecule has 0 spiro atoms. The number of sulfonamides is 1. The van der Waals surface area contributed by atoms with Crippen LogP contribution in [0.2, 0.25) is 0 Å². The lowest BCUT2D eigenvalue weighted by atomic mass is 10.1. The molecule has 1 amide bonds. The molecule has 28 heavy (non-hydrogen) atoms. The van der Waals surface area contributed by atoms with Crippen LogP contribution in [-0.2, 0) is 14.8 Å². The van der Waals surface area contributed by atoms with Crippen molar-refractivity contribution >= 4 is 21.6 Å². The van der Waals surface area contributed by atoms with Crippen molar-refractivity contribution in [3.05, 3.63) is 59.7 Å². The first-order chi connectivity index (χ1) is 13.2. The van der Waals surface area contributed by atoms with E-state index in [0.29, 0.717) is 30.8 Å². The quantitative estimate of drug-likeness (QED) is 0.650. The third-order valence-corrected chi connectivity index (χ3v) is 6.01. The van der Waals surface area contributed by atoms with Crippen LogP contribution < -0.4 is 9.62 Å². The Bertz CT molecular complexity index is 893. The molecular weight excluding hydrogens is 376 g/mol. The number of ether oxygens (including phenoxy) is 1. The molecular formula is C21H28N2O4S. The van der Waals surface area contributed by atoms with Gasteiger partial charge in [-0.25, -0.2) is 8.42 Å². The van der Waals surface area contributed by atoms with E-state index in [-0.39, 0.29) is 16.9 Å². The third-order valence-electron chi connectivity index (χ3n) is 4.23. The fourth-order valence-corrected chi connectivity index (χ4v) is 3.84. The van der Waals surface area contributed by atoms with Gasteiger partial charge >= 0.3 is 0 Å². The first kappa shape index (κ1) is 21.9. The largest absolute Gasteiger partial charge is 0.379 e. The number of nitrogens with one attached hydrogen (secondary N) is 1. The van der Waals surface area contributed by atoms with Crippen molar-refractivity contribution in [2.24, 2.45) is 0 Å². The Morgan fingerprint density at radius 1 is 1.11 bits per heavy atom. The van der Waals surface area contributed by atoms with Crippen LogP contribution in [0.1, 0.15) is 36.2 Å². The highest BCUT2D eigenvalue weighted by molar-refractivity contribution is 7.92. The topological polar surface area (TPSA) is 75.7 Å². The maximum absolute atomic E-state index is 13.0. The van der Waals surface area contributed by atoms with Crippen LogP contribution in [0.4, 0.5) is 5.69 Å². The summed E-state index contributed by atoms with van der Waals surface area (Å²) in [5, 5.41) is 2.83. The van der Waals surface area contributed by atoms with Gasteiger partial charge in [0.25, 0.3) is 15.9 Å². The van der Waals surface area contributed by atoms with E-state index < -0.39 is 10.0 Å². The number of anilines is 1. The second-order valence-electron chi connectivity index (χ2n) is 6.83. The fraction of sp³-hybridized carbons (Fsp3) is 0.381. The fourth-order valence-electron chi connectivity index (χ4n) is 2.63. The number of benzene rings is 2. The number of amides is 1. The van der Waals surface area contributed by atoms with Crippen LogP contribution in [-0.4, -0.2) is 40.6 Å². The molecule has 2 aromatic carbocycles. The summed E-state index contributed by atoms with van der Waals surface area (Å²) >= 11 is 0. The Balaban J connectivity index is 2.16. The molecule has 152 valence electrons. The molecule has 0 saturated carbocycles. The molecule has 7 heteroatoms. The van der Waals surface area contributed by atoms with Crippen molar-refractivity contribution in [2.75, 3.05) is 24.5 Å². The number of carbonyl (C=O) groups excluding carboxylic acids is 1. The summed E-state index contributed by atoms with van der Waals surface area (Å²) in [4.78, 5) is 12.8. The maximum atomic E-state index is 13.0. The van der Waals surface area contributed by atoms with Gasteiger partial charge in [-0.1, -0.05) is 29.8 Å². The van der Waals surface area contributed by atoms with Gasteiger partial charge in [0.05, 0.1) is 22.3 Å². The molecule has 0 aliphatic carbocycles. The number of rotatable bonds is 9. The molecule has 0 fully saturated rings. The van der Waals surface area contributed by atoms with Crippen LogP contribution in [0.3, 0.4) is 0 Å². The monoisotopic (exact) mass is 404 g/mol. The molecule has 0 aliphatic rings. The van der Waals surface area contributed by atoms with Gasteiger partial charge in [0.2, 0.25) is 0 Å². The minimum absolute atomic E-state index is 0.150. The van der Waals surface area contributed by atoms with Crippen molar-refractivity contribution in [2.45, 2.75) is 38.2 Å².